The standard InChI is InChI=1S/C46H31N3S/c1-3-14-30(15-4-1)40-29-41(48-46(47-40)31-16-5-2-6-17-31)33-19-13-18-32(26-33)38-27-34(28-39-37-22-9-12-25-44(37)50-45(38)39)49-42-23-10-7-20-35(42)36-21-8-11-24-43(36)49/h1-26,28-29,38H,27H2. The molecule has 0 amide bonds. The number of allylic oxidation sites excluding steroid dienone is 1. The molecule has 10 rings (SSSR count). The average Bonchev–Trinajstić information content (AvgIpc) is 3.74. The van der Waals surface area contributed by atoms with Crippen molar-refractivity contribution in [3.63, 3.8) is 0 Å². The molecule has 4 heteroatoms. The van der Waals surface area contributed by atoms with E-state index in [-0.39, 0.29) is 5.92 Å². The summed E-state index contributed by atoms with van der Waals surface area (Å²) in [5, 5.41) is 3.90. The van der Waals surface area contributed by atoms with E-state index < -0.39 is 0 Å². The number of rotatable bonds is 5. The first-order valence-corrected chi connectivity index (χ1v) is 17.9. The Hall–Kier alpha value is -6.10. The number of benzene rings is 6. The number of hydrogen-bond donors (Lipinski definition) is 0. The zero-order chi connectivity index (χ0) is 33.0. The monoisotopic (exact) mass is 657 g/mol. The third-order valence-corrected chi connectivity index (χ3v) is 11.3. The number of hydrogen-bond acceptors (Lipinski definition) is 3. The Morgan fingerprint density at radius 3 is 1.82 bits per heavy atom. The normalized spacial score (nSPS) is 14.2. The summed E-state index contributed by atoms with van der Waals surface area (Å²) in [5.74, 6) is 0.916. The van der Waals surface area contributed by atoms with Gasteiger partial charge in [-0.2, -0.15) is 0 Å². The fraction of sp³-hybridized carbons (Fsp3) is 0.0435. The summed E-state index contributed by atoms with van der Waals surface area (Å²) in [7, 11) is 0. The van der Waals surface area contributed by atoms with Crippen LogP contribution in [-0.2, 0) is 0 Å². The van der Waals surface area contributed by atoms with E-state index >= 15 is 0 Å². The van der Waals surface area contributed by atoms with Crippen LogP contribution in [0.4, 0.5) is 0 Å². The molecule has 1 aliphatic carbocycles. The van der Waals surface area contributed by atoms with Crippen LogP contribution in [-0.4, -0.2) is 14.5 Å². The van der Waals surface area contributed by atoms with Crippen LogP contribution in [0.3, 0.4) is 0 Å². The van der Waals surface area contributed by atoms with Gasteiger partial charge in [-0.05, 0) is 54.0 Å². The molecule has 0 N–H and O–H groups in total. The molecule has 1 aliphatic rings. The zero-order valence-electron chi connectivity index (χ0n) is 27.2. The third-order valence-electron chi connectivity index (χ3n) is 9.98. The Morgan fingerprint density at radius 1 is 0.520 bits per heavy atom. The smallest absolute Gasteiger partial charge is 0.160 e. The van der Waals surface area contributed by atoms with Crippen LogP contribution >= 0.6 is 11.3 Å². The van der Waals surface area contributed by atoms with Gasteiger partial charge >= 0.3 is 0 Å². The maximum atomic E-state index is 5.16. The lowest BCUT2D eigenvalue weighted by Crippen LogP contribution is -2.10. The molecule has 0 saturated heterocycles. The van der Waals surface area contributed by atoms with Crippen LogP contribution in [0.2, 0.25) is 0 Å². The van der Waals surface area contributed by atoms with Gasteiger partial charge in [0.2, 0.25) is 0 Å². The van der Waals surface area contributed by atoms with E-state index in [1.807, 2.05) is 35.6 Å². The number of thiophene rings is 1. The molecule has 0 spiro atoms. The van der Waals surface area contributed by atoms with E-state index in [1.54, 1.807) is 0 Å². The summed E-state index contributed by atoms with van der Waals surface area (Å²) in [6.45, 7) is 0. The number of nitrogens with zero attached hydrogens (tertiary/aromatic N) is 3. The third kappa shape index (κ3) is 4.80. The number of aromatic nitrogens is 3. The molecular weight excluding hydrogens is 627 g/mol. The lowest BCUT2D eigenvalue weighted by Gasteiger charge is -2.26. The second kappa shape index (κ2) is 11.8. The van der Waals surface area contributed by atoms with Crippen molar-refractivity contribution in [3.05, 3.63) is 180 Å². The summed E-state index contributed by atoms with van der Waals surface area (Å²) in [5.41, 5.74) is 11.5. The van der Waals surface area contributed by atoms with E-state index in [1.165, 1.54) is 53.6 Å². The minimum atomic E-state index is 0.186. The minimum absolute atomic E-state index is 0.186. The lowest BCUT2D eigenvalue weighted by molar-refractivity contribution is 0.826. The zero-order valence-corrected chi connectivity index (χ0v) is 28.0. The predicted octanol–water partition coefficient (Wildman–Crippen LogP) is 12.3. The first kappa shape index (κ1) is 28.9. The van der Waals surface area contributed by atoms with Crippen molar-refractivity contribution in [1.82, 2.24) is 14.5 Å². The Morgan fingerprint density at radius 2 is 1.10 bits per heavy atom. The van der Waals surface area contributed by atoms with Gasteiger partial charge in [0.1, 0.15) is 0 Å². The first-order chi connectivity index (χ1) is 24.8. The quantitative estimate of drug-likeness (QED) is 0.184. The van der Waals surface area contributed by atoms with E-state index in [0.29, 0.717) is 0 Å². The van der Waals surface area contributed by atoms with Gasteiger partial charge in [0, 0.05) is 54.0 Å². The molecule has 1 unspecified atom stereocenters. The van der Waals surface area contributed by atoms with Crippen LogP contribution in [0.5, 0.6) is 0 Å². The molecule has 3 aromatic heterocycles. The highest BCUT2D eigenvalue weighted by atomic mass is 32.1. The average molecular weight is 658 g/mol. The van der Waals surface area contributed by atoms with Crippen molar-refractivity contribution in [2.45, 2.75) is 12.3 Å². The maximum Gasteiger partial charge on any atom is 0.160 e. The minimum Gasteiger partial charge on any atom is -0.313 e. The molecule has 0 bridgehead atoms. The topological polar surface area (TPSA) is 30.7 Å². The molecule has 3 heterocycles. The summed E-state index contributed by atoms with van der Waals surface area (Å²) in [4.78, 5) is 11.6. The van der Waals surface area contributed by atoms with Crippen molar-refractivity contribution in [2.75, 3.05) is 0 Å². The van der Waals surface area contributed by atoms with Gasteiger partial charge in [0.15, 0.2) is 5.82 Å². The molecule has 6 aromatic carbocycles. The molecule has 0 saturated carbocycles. The van der Waals surface area contributed by atoms with E-state index in [0.717, 1.165) is 40.3 Å². The van der Waals surface area contributed by atoms with Gasteiger partial charge < -0.3 is 4.57 Å². The van der Waals surface area contributed by atoms with Gasteiger partial charge in [0.25, 0.3) is 0 Å². The van der Waals surface area contributed by atoms with Crippen molar-refractivity contribution >= 4 is 55.0 Å². The van der Waals surface area contributed by atoms with Crippen LogP contribution < -0.4 is 0 Å². The van der Waals surface area contributed by atoms with Crippen molar-refractivity contribution < 1.29 is 0 Å². The van der Waals surface area contributed by atoms with E-state index in [4.69, 9.17) is 9.97 Å². The van der Waals surface area contributed by atoms with Crippen LogP contribution in [0.15, 0.2) is 164 Å². The van der Waals surface area contributed by atoms with E-state index in [9.17, 15) is 0 Å². The second-order valence-corrected chi connectivity index (χ2v) is 14.0. The highest BCUT2D eigenvalue weighted by Crippen LogP contribution is 2.49. The Balaban J connectivity index is 1.15. The van der Waals surface area contributed by atoms with E-state index in [2.05, 4.69) is 150 Å². The largest absolute Gasteiger partial charge is 0.313 e. The molecule has 1 atom stereocenters. The van der Waals surface area contributed by atoms with Crippen molar-refractivity contribution in [2.24, 2.45) is 0 Å². The van der Waals surface area contributed by atoms with Gasteiger partial charge in [0.05, 0.1) is 22.4 Å². The van der Waals surface area contributed by atoms with Gasteiger partial charge in [-0.25, -0.2) is 9.97 Å². The highest BCUT2D eigenvalue weighted by Gasteiger charge is 2.29. The fourth-order valence-corrected chi connectivity index (χ4v) is 8.97. The molecule has 0 radical (unpaired) electrons. The Bertz CT molecular complexity index is 2630. The van der Waals surface area contributed by atoms with Crippen LogP contribution in [0.1, 0.15) is 28.3 Å². The highest BCUT2D eigenvalue weighted by molar-refractivity contribution is 7.19. The van der Waals surface area contributed by atoms with Crippen LogP contribution in [0, 0.1) is 0 Å². The number of fused-ring (bicyclic) bond motifs is 6. The fourth-order valence-electron chi connectivity index (χ4n) is 7.66. The van der Waals surface area contributed by atoms with Crippen LogP contribution in [0.25, 0.3) is 77.6 Å². The van der Waals surface area contributed by atoms with Gasteiger partial charge in [-0.15, -0.1) is 11.3 Å². The summed E-state index contributed by atoms with van der Waals surface area (Å²) >= 11 is 1.93. The first-order valence-electron chi connectivity index (χ1n) is 17.1. The molecule has 0 fully saturated rings. The number of para-hydroxylation sites is 2. The van der Waals surface area contributed by atoms with Gasteiger partial charge in [-0.1, -0.05) is 133 Å². The van der Waals surface area contributed by atoms with Crippen molar-refractivity contribution in [1.29, 1.82) is 0 Å². The lowest BCUT2D eigenvalue weighted by atomic mass is 9.84. The molecule has 50 heavy (non-hydrogen) atoms. The summed E-state index contributed by atoms with van der Waals surface area (Å²) < 4.78 is 3.83. The van der Waals surface area contributed by atoms with Crippen molar-refractivity contribution in [3.8, 4) is 33.9 Å². The van der Waals surface area contributed by atoms with Gasteiger partial charge in [-0.3, -0.25) is 0 Å². The summed E-state index contributed by atoms with van der Waals surface area (Å²) in [6, 6.07) is 58.3. The predicted molar refractivity (Wildman–Crippen MR) is 210 cm³/mol. The maximum absolute atomic E-state index is 5.16. The molecule has 0 aliphatic heterocycles. The Labute approximate surface area is 294 Å². The molecule has 9 aromatic rings. The summed E-state index contributed by atoms with van der Waals surface area (Å²) in [6.07, 6.45) is 3.34. The SMILES string of the molecule is C1=C(n2c3ccccc3c3ccccc32)CC(c2cccc(-c3cc(-c4ccccc4)nc(-c4ccccc4)n3)c2)c2sc3ccccc3c21. The Kier molecular flexibility index (Phi) is 6.81. The molecule has 236 valence electrons. The molecule has 3 nitrogen and oxygen atoms in total. The molecular formula is C46H31N3S. The second-order valence-electron chi connectivity index (χ2n) is 13.0.